The van der Waals surface area contributed by atoms with Crippen LogP contribution in [0.5, 0.6) is 0 Å². The minimum absolute atomic E-state index is 0.0533. The molecule has 0 saturated heterocycles. The van der Waals surface area contributed by atoms with Crippen molar-refractivity contribution in [3.8, 4) is 11.9 Å². The first kappa shape index (κ1) is 22.6. The van der Waals surface area contributed by atoms with Gasteiger partial charge >= 0.3 is 6.18 Å². The molecule has 0 spiro atoms. The smallest absolute Gasteiger partial charge is 0.383 e. The summed E-state index contributed by atoms with van der Waals surface area (Å²) in [6.07, 6.45) is -2.84. The van der Waals surface area contributed by atoms with Gasteiger partial charge in [-0.1, -0.05) is 0 Å². The van der Waals surface area contributed by atoms with Gasteiger partial charge < -0.3 is 9.64 Å². The first-order valence-corrected chi connectivity index (χ1v) is 10.3. The van der Waals surface area contributed by atoms with Gasteiger partial charge in [0.15, 0.2) is 27.2 Å². The van der Waals surface area contributed by atoms with E-state index in [4.69, 9.17) is 4.74 Å². The fourth-order valence-electron chi connectivity index (χ4n) is 2.65. The average molecular weight is 431 g/mol. The predicted octanol–water partition coefficient (Wildman–Crippen LogP) is 2.42. The number of methoxy groups -OCH3 is 1. The Kier molecular flexibility index (Phi) is 6.54. The van der Waals surface area contributed by atoms with E-state index in [9.17, 15) is 26.9 Å². The van der Waals surface area contributed by atoms with Gasteiger partial charge in [0.2, 0.25) is 0 Å². The van der Waals surface area contributed by atoms with Crippen LogP contribution in [-0.4, -0.2) is 55.7 Å². The maximum atomic E-state index is 13.5. The zero-order valence-corrected chi connectivity index (χ0v) is 17.0. The molecule has 8 nitrogen and oxygen atoms in total. The van der Waals surface area contributed by atoms with Crippen LogP contribution >= 0.6 is 0 Å². The van der Waals surface area contributed by atoms with Gasteiger partial charge in [0.1, 0.15) is 11.6 Å². The number of ether oxygens (including phenoxy) is 1. The quantitative estimate of drug-likeness (QED) is 0.664. The molecule has 0 saturated carbocycles. The topological polar surface area (TPSA) is 101 Å². The number of halogens is 3. The highest BCUT2D eigenvalue weighted by Gasteiger charge is 2.41. The molecule has 0 aromatic carbocycles. The van der Waals surface area contributed by atoms with Crippen molar-refractivity contribution in [1.29, 1.82) is 5.26 Å². The van der Waals surface area contributed by atoms with E-state index in [1.165, 1.54) is 19.2 Å². The van der Waals surface area contributed by atoms with E-state index >= 15 is 0 Å². The first-order valence-electron chi connectivity index (χ1n) is 8.44. The van der Waals surface area contributed by atoms with Gasteiger partial charge in [-0.25, -0.2) is 13.4 Å². The number of pyridine rings is 1. The summed E-state index contributed by atoms with van der Waals surface area (Å²) < 4.78 is 69.7. The molecule has 2 heterocycles. The second-order valence-corrected chi connectivity index (χ2v) is 8.49. The summed E-state index contributed by atoms with van der Waals surface area (Å²) in [6, 6.07) is 3.77. The summed E-state index contributed by atoms with van der Waals surface area (Å²) >= 11 is 0. The number of nitrogens with zero attached hydrogens (tertiary/aromatic N) is 5. The number of sulfone groups is 1. The Morgan fingerprint density at radius 2 is 2.00 bits per heavy atom. The minimum atomic E-state index is -4.86. The Morgan fingerprint density at radius 1 is 1.34 bits per heavy atom. The van der Waals surface area contributed by atoms with Crippen LogP contribution in [0.3, 0.4) is 0 Å². The Balaban J connectivity index is 2.76. The van der Waals surface area contributed by atoms with Crippen molar-refractivity contribution in [3.63, 3.8) is 0 Å². The van der Waals surface area contributed by atoms with Gasteiger partial charge in [0.05, 0.1) is 11.5 Å². The third kappa shape index (κ3) is 4.86. The van der Waals surface area contributed by atoms with Crippen molar-refractivity contribution in [2.24, 2.45) is 0 Å². The average Bonchev–Trinajstić information content (AvgIpc) is 3.01. The van der Waals surface area contributed by atoms with Crippen molar-refractivity contribution in [1.82, 2.24) is 14.8 Å². The molecule has 0 N–H and O–H groups in total. The monoisotopic (exact) mass is 431 g/mol. The molecule has 0 aliphatic carbocycles. The molecule has 2 rings (SSSR count). The lowest BCUT2D eigenvalue weighted by atomic mass is 10.2. The van der Waals surface area contributed by atoms with Crippen molar-refractivity contribution < 1.29 is 26.3 Å². The van der Waals surface area contributed by atoms with E-state index in [0.717, 1.165) is 17.1 Å². The minimum Gasteiger partial charge on any atom is -0.383 e. The highest BCUT2D eigenvalue weighted by atomic mass is 32.2. The molecule has 0 fully saturated rings. The van der Waals surface area contributed by atoms with Gasteiger partial charge in [-0.05, 0) is 26.0 Å². The van der Waals surface area contributed by atoms with Crippen LogP contribution in [0.2, 0.25) is 0 Å². The van der Waals surface area contributed by atoms with Gasteiger partial charge in [-0.15, -0.1) is 0 Å². The van der Waals surface area contributed by atoms with Crippen LogP contribution in [0.25, 0.3) is 5.82 Å². The number of anilines is 1. The Bertz CT molecular complexity index is 1010. The molecule has 0 amide bonds. The SMILES string of the molecule is COCCN(c1c(C#N)c(C(F)(F)F)nn1-c1ccc(S(C)(=O)=O)cn1)C(C)C. The first-order chi connectivity index (χ1) is 13.4. The third-order valence-corrected chi connectivity index (χ3v) is 5.14. The Labute approximate surface area is 166 Å². The molecule has 0 aliphatic heterocycles. The lowest BCUT2D eigenvalue weighted by molar-refractivity contribution is -0.141. The van der Waals surface area contributed by atoms with Crippen molar-refractivity contribution in [2.75, 3.05) is 31.4 Å². The molecule has 2 aromatic rings. The number of hydrogen-bond donors (Lipinski definition) is 0. The molecular formula is C17H20F3N5O3S. The van der Waals surface area contributed by atoms with Crippen LogP contribution in [0.15, 0.2) is 23.2 Å². The molecule has 0 atom stereocenters. The summed E-state index contributed by atoms with van der Waals surface area (Å²) in [5.74, 6) is -0.144. The van der Waals surface area contributed by atoms with Crippen LogP contribution in [0, 0.1) is 11.3 Å². The number of nitriles is 1. The number of aromatic nitrogens is 3. The molecule has 0 aliphatic rings. The van der Waals surface area contributed by atoms with E-state index in [1.54, 1.807) is 24.8 Å². The third-order valence-electron chi connectivity index (χ3n) is 4.04. The Hall–Kier alpha value is -2.65. The molecule has 2 aromatic heterocycles. The molecule has 0 radical (unpaired) electrons. The molecule has 29 heavy (non-hydrogen) atoms. The maximum Gasteiger partial charge on any atom is 0.436 e. The second kappa shape index (κ2) is 8.38. The van der Waals surface area contributed by atoms with Crippen LogP contribution in [-0.2, 0) is 20.8 Å². The number of alkyl halides is 3. The second-order valence-electron chi connectivity index (χ2n) is 6.47. The summed E-state index contributed by atoms with van der Waals surface area (Å²) in [5.41, 5.74) is -1.98. The fraction of sp³-hybridized carbons (Fsp3) is 0.471. The summed E-state index contributed by atoms with van der Waals surface area (Å²) in [5, 5.41) is 13.1. The van der Waals surface area contributed by atoms with E-state index in [2.05, 4.69) is 10.1 Å². The summed E-state index contributed by atoms with van der Waals surface area (Å²) in [4.78, 5) is 5.42. The lowest BCUT2D eigenvalue weighted by Gasteiger charge is -2.29. The molecule has 0 bridgehead atoms. The summed E-state index contributed by atoms with van der Waals surface area (Å²) in [6.45, 7) is 3.91. The van der Waals surface area contributed by atoms with Gasteiger partial charge in [-0.3, -0.25) is 0 Å². The maximum absolute atomic E-state index is 13.5. The van der Waals surface area contributed by atoms with Crippen LogP contribution in [0.1, 0.15) is 25.1 Å². The highest BCUT2D eigenvalue weighted by Crippen LogP contribution is 2.37. The zero-order chi connectivity index (χ0) is 22.0. The van der Waals surface area contributed by atoms with Gasteiger partial charge in [0, 0.05) is 32.1 Å². The van der Waals surface area contributed by atoms with Crippen LogP contribution < -0.4 is 4.90 Å². The van der Waals surface area contributed by atoms with E-state index in [0.29, 0.717) is 0 Å². The Morgan fingerprint density at radius 3 is 2.41 bits per heavy atom. The van der Waals surface area contributed by atoms with Gasteiger partial charge in [0.25, 0.3) is 0 Å². The molecule has 0 unspecified atom stereocenters. The molecule has 158 valence electrons. The number of hydrogen-bond acceptors (Lipinski definition) is 7. The van der Waals surface area contributed by atoms with E-state index in [-0.39, 0.29) is 35.7 Å². The van der Waals surface area contributed by atoms with E-state index in [1.807, 2.05) is 0 Å². The van der Waals surface area contributed by atoms with Crippen LogP contribution in [0.4, 0.5) is 19.0 Å². The zero-order valence-electron chi connectivity index (χ0n) is 16.2. The van der Waals surface area contributed by atoms with Crippen molar-refractivity contribution in [3.05, 3.63) is 29.6 Å². The summed E-state index contributed by atoms with van der Waals surface area (Å²) in [7, 11) is -2.08. The highest BCUT2D eigenvalue weighted by molar-refractivity contribution is 7.90. The largest absolute Gasteiger partial charge is 0.436 e. The normalized spacial score (nSPS) is 12.2. The molecular weight excluding hydrogens is 411 g/mol. The predicted molar refractivity (Wildman–Crippen MR) is 98.5 cm³/mol. The number of rotatable bonds is 7. The fourth-order valence-corrected chi connectivity index (χ4v) is 3.21. The van der Waals surface area contributed by atoms with Crippen molar-refractivity contribution >= 4 is 15.7 Å². The van der Waals surface area contributed by atoms with Crippen molar-refractivity contribution in [2.45, 2.75) is 31.0 Å². The van der Waals surface area contributed by atoms with Gasteiger partial charge in [-0.2, -0.15) is 28.2 Å². The standard InChI is InChI=1S/C17H20F3N5O3S/c1-11(2)24(7-8-28-3)16-13(9-21)15(17(18,19)20)23-25(16)14-6-5-12(10-22-14)29(4,26)27/h5-6,10-11H,7-8H2,1-4H3. The lowest BCUT2D eigenvalue weighted by Crippen LogP contribution is -2.36. The molecule has 12 heteroatoms. The van der Waals surface area contributed by atoms with E-state index < -0.39 is 27.3 Å².